The maximum absolute atomic E-state index is 13.2. The summed E-state index contributed by atoms with van der Waals surface area (Å²) in [5.74, 6) is 1.98. The lowest BCUT2D eigenvalue weighted by Crippen LogP contribution is -2.55. The van der Waals surface area contributed by atoms with Crippen LogP contribution in [0.2, 0.25) is 0 Å². The molecule has 168 valence electrons. The number of unbranched alkanes of at least 4 members (excludes halogenated alkanes) is 5. The number of amides is 2. The number of fused-ring (bicyclic) bond motifs is 1. The Morgan fingerprint density at radius 3 is 2.48 bits per heavy atom. The second-order valence-electron chi connectivity index (χ2n) is 9.39. The minimum atomic E-state index is -0.237. The Kier molecular flexibility index (Phi) is 8.00. The smallest absolute Gasteiger partial charge is 0.322 e. The monoisotopic (exact) mass is 422 g/mol. The van der Waals surface area contributed by atoms with Gasteiger partial charge in [0.15, 0.2) is 0 Å². The molecule has 1 atom stereocenters. The van der Waals surface area contributed by atoms with Crippen molar-refractivity contribution in [2.24, 2.45) is 0 Å². The topological polar surface area (TPSA) is 41.6 Å². The van der Waals surface area contributed by atoms with Crippen LogP contribution in [0.15, 0.2) is 48.5 Å². The Labute approximate surface area is 188 Å². The van der Waals surface area contributed by atoms with Crippen LogP contribution in [0.25, 0.3) is 0 Å². The van der Waals surface area contributed by atoms with Gasteiger partial charge in [0.2, 0.25) is 0 Å². The summed E-state index contributed by atoms with van der Waals surface area (Å²) in [6, 6.07) is 15.9. The van der Waals surface area contributed by atoms with E-state index in [9.17, 15) is 4.79 Å². The Morgan fingerprint density at radius 1 is 1.03 bits per heavy atom. The van der Waals surface area contributed by atoms with Crippen molar-refractivity contribution in [3.63, 3.8) is 0 Å². The summed E-state index contributed by atoms with van der Waals surface area (Å²) in [5.41, 5.74) is 1.92. The van der Waals surface area contributed by atoms with Crippen molar-refractivity contribution >= 4 is 11.7 Å². The average Bonchev–Trinajstić information content (AvgIpc) is 2.73. The van der Waals surface area contributed by atoms with Gasteiger partial charge in [-0.05, 0) is 68.5 Å². The van der Waals surface area contributed by atoms with E-state index in [1.807, 2.05) is 47.4 Å². The SMILES string of the molecule is CCCCCCCCNC(=O)N1c2ccc(Oc3ccccc3)cc2C(C)CC1(C)C. The third kappa shape index (κ3) is 6.03. The number of benzene rings is 2. The van der Waals surface area contributed by atoms with Gasteiger partial charge in [-0.2, -0.15) is 0 Å². The van der Waals surface area contributed by atoms with E-state index in [1.54, 1.807) is 0 Å². The van der Waals surface area contributed by atoms with Crippen LogP contribution >= 0.6 is 0 Å². The third-order valence-electron chi connectivity index (χ3n) is 6.17. The molecule has 1 N–H and O–H groups in total. The summed E-state index contributed by atoms with van der Waals surface area (Å²) in [6.45, 7) is 9.52. The molecular formula is C27H38N2O2. The van der Waals surface area contributed by atoms with Crippen LogP contribution in [0.1, 0.15) is 84.1 Å². The van der Waals surface area contributed by atoms with Crippen LogP contribution < -0.4 is 15.0 Å². The Morgan fingerprint density at radius 2 is 1.74 bits per heavy atom. The fraction of sp³-hybridized carbons (Fsp3) is 0.519. The van der Waals surface area contributed by atoms with E-state index in [-0.39, 0.29) is 11.6 Å². The Bertz CT molecular complexity index is 848. The molecule has 4 nitrogen and oxygen atoms in total. The number of nitrogens with zero attached hydrogens (tertiary/aromatic N) is 1. The minimum Gasteiger partial charge on any atom is -0.457 e. The summed E-state index contributed by atoms with van der Waals surface area (Å²) in [4.78, 5) is 15.1. The molecule has 1 heterocycles. The molecule has 4 heteroatoms. The number of ether oxygens (including phenoxy) is 1. The maximum atomic E-state index is 13.2. The number of nitrogens with one attached hydrogen (secondary N) is 1. The van der Waals surface area contributed by atoms with Gasteiger partial charge in [-0.25, -0.2) is 4.79 Å². The minimum absolute atomic E-state index is 0.00318. The molecule has 0 aromatic heterocycles. The highest BCUT2D eigenvalue weighted by molar-refractivity contribution is 5.95. The lowest BCUT2D eigenvalue weighted by atomic mass is 9.80. The zero-order valence-electron chi connectivity index (χ0n) is 19.6. The number of carbonyl (C=O) groups excluding carboxylic acids is 1. The first kappa shape index (κ1) is 23.2. The van der Waals surface area contributed by atoms with Crippen LogP contribution in [0.3, 0.4) is 0 Å². The predicted molar refractivity (Wildman–Crippen MR) is 129 cm³/mol. The zero-order valence-corrected chi connectivity index (χ0v) is 19.6. The maximum Gasteiger partial charge on any atom is 0.322 e. The van der Waals surface area contributed by atoms with Crippen LogP contribution in [0, 0.1) is 0 Å². The average molecular weight is 423 g/mol. The van der Waals surface area contributed by atoms with E-state index in [2.05, 4.69) is 39.1 Å². The van der Waals surface area contributed by atoms with Gasteiger partial charge in [0, 0.05) is 17.8 Å². The van der Waals surface area contributed by atoms with Crippen molar-refractivity contribution in [3.8, 4) is 11.5 Å². The number of rotatable bonds is 9. The number of anilines is 1. The van der Waals surface area contributed by atoms with Crippen LogP contribution in [-0.4, -0.2) is 18.1 Å². The van der Waals surface area contributed by atoms with Gasteiger partial charge in [-0.1, -0.05) is 64.2 Å². The highest BCUT2D eigenvalue weighted by Crippen LogP contribution is 2.45. The quantitative estimate of drug-likeness (QED) is 0.422. The number of hydrogen-bond donors (Lipinski definition) is 1. The van der Waals surface area contributed by atoms with Crippen molar-refractivity contribution < 1.29 is 9.53 Å². The van der Waals surface area contributed by atoms with E-state index in [4.69, 9.17) is 4.74 Å². The van der Waals surface area contributed by atoms with E-state index >= 15 is 0 Å². The predicted octanol–water partition coefficient (Wildman–Crippen LogP) is 7.64. The molecule has 1 aliphatic heterocycles. The number of para-hydroxylation sites is 1. The van der Waals surface area contributed by atoms with Gasteiger partial charge >= 0.3 is 6.03 Å². The fourth-order valence-corrected chi connectivity index (χ4v) is 4.66. The molecular weight excluding hydrogens is 384 g/mol. The number of urea groups is 1. The molecule has 0 fully saturated rings. The molecule has 2 amide bonds. The molecule has 0 saturated heterocycles. The first-order valence-corrected chi connectivity index (χ1v) is 11.9. The second kappa shape index (κ2) is 10.7. The lowest BCUT2D eigenvalue weighted by Gasteiger charge is -2.45. The highest BCUT2D eigenvalue weighted by Gasteiger charge is 2.40. The van der Waals surface area contributed by atoms with E-state index < -0.39 is 0 Å². The van der Waals surface area contributed by atoms with E-state index in [0.717, 1.165) is 36.6 Å². The molecule has 0 spiro atoms. The molecule has 31 heavy (non-hydrogen) atoms. The second-order valence-corrected chi connectivity index (χ2v) is 9.39. The van der Waals surface area contributed by atoms with Crippen molar-refractivity contribution in [2.75, 3.05) is 11.4 Å². The van der Waals surface area contributed by atoms with Gasteiger partial charge in [0.1, 0.15) is 11.5 Å². The lowest BCUT2D eigenvalue weighted by molar-refractivity contribution is 0.236. The number of hydrogen-bond acceptors (Lipinski definition) is 2. The largest absolute Gasteiger partial charge is 0.457 e. The van der Waals surface area contributed by atoms with Crippen molar-refractivity contribution in [1.82, 2.24) is 5.32 Å². The molecule has 0 saturated carbocycles. The van der Waals surface area contributed by atoms with Gasteiger partial charge in [0.25, 0.3) is 0 Å². The first-order chi connectivity index (χ1) is 14.9. The van der Waals surface area contributed by atoms with Gasteiger partial charge in [-0.3, -0.25) is 4.90 Å². The first-order valence-electron chi connectivity index (χ1n) is 11.9. The van der Waals surface area contributed by atoms with E-state index in [0.29, 0.717) is 5.92 Å². The zero-order chi connectivity index (χ0) is 22.3. The number of carbonyl (C=O) groups is 1. The van der Waals surface area contributed by atoms with Crippen molar-refractivity contribution in [1.29, 1.82) is 0 Å². The van der Waals surface area contributed by atoms with Crippen molar-refractivity contribution in [3.05, 3.63) is 54.1 Å². The molecule has 0 aliphatic carbocycles. The van der Waals surface area contributed by atoms with Gasteiger partial charge in [0.05, 0.1) is 0 Å². The molecule has 2 aromatic carbocycles. The molecule has 1 aliphatic rings. The van der Waals surface area contributed by atoms with E-state index in [1.165, 1.54) is 37.7 Å². The summed E-state index contributed by atoms with van der Waals surface area (Å²) < 4.78 is 6.04. The molecule has 1 unspecified atom stereocenters. The summed E-state index contributed by atoms with van der Waals surface area (Å²) in [6.07, 6.45) is 8.25. The fourth-order valence-electron chi connectivity index (χ4n) is 4.66. The molecule has 2 aromatic rings. The summed E-state index contributed by atoms with van der Waals surface area (Å²) >= 11 is 0. The highest BCUT2D eigenvalue weighted by atomic mass is 16.5. The van der Waals surface area contributed by atoms with Gasteiger partial charge < -0.3 is 10.1 Å². The normalized spacial score (nSPS) is 17.2. The van der Waals surface area contributed by atoms with Crippen LogP contribution in [0.4, 0.5) is 10.5 Å². The van der Waals surface area contributed by atoms with Crippen LogP contribution in [0.5, 0.6) is 11.5 Å². The van der Waals surface area contributed by atoms with Gasteiger partial charge in [-0.15, -0.1) is 0 Å². The summed E-state index contributed by atoms with van der Waals surface area (Å²) in [5, 5.41) is 3.16. The standard InChI is InChI=1S/C27H38N2O2/c1-5-6-7-8-9-13-18-28-26(30)29-25-17-16-23(31-22-14-11-10-12-15-22)19-24(25)21(2)20-27(29,3)4/h10-12,14-17,19,21H,5-9,13,18,20H2,1-4H3,(H,28,30). The van der Waals surface area contributed by atoms with Crippen LogP contribution in [-0.2, 0) is 0 Å². The summed E-state index contributed by atoms with van der Waals surface area (Å²) in [7, 11) is 0. The Hall–Kier alpha value is -2.49. The molecule has 0 bridgehead atoms. The molecule has 0 radical (unpaired) electrons. The Balaban J connectivity index is 1.69. The molecule has 3 rings (SSSR count). The third-order valence-corrected chi connectivity index (χ3v) is 6.17. The van der Waals surface area contributed by atoms with Crippen molar-refractivity contribution in [2.45, 2.75) is 84.1 Å².